The van der Waals surface area contributed by atoms with E-state index < -0.39 is 22.2 Å². The molecule has 118 valence electrons. The van der Waals surface area contributed by atoms with E-state index in [1.807, 2.05) is 0 Å². The Bertz CT molecular complexity index is 590. The molecule has 0 amide bonds. The number of carbonyl (C=O) groups is 1. The Kier molecular flexibility index (Phi) is 6.09. The molecule has 0 aliphatic rings. The molecule has 8 nitrogen and oxygen atoms in total. The summed E-state index contributed by atoms with van der Waals surface area (Å²) in [6.07, 6.45) is 0. The van der Waals surface area contributed by atoms with E-state index in [0.29, 0.717) is 11.3 Å². The molecule has 1 aromatic rings. The summed E-state index contributed by atoms with van der Waals surface area (Å²) >= 11 is 0. The first kappa shape index (κ1) is 17.4. The van der Waals surface area contributed by atoms with Crippen LogP contribution >= 0.6 is 0 Å². The van der Waals surface area contributed by atoms with E-state index in [1.54, 1.807) is 24.3 Å². The highest BCUT2D eigenvalue weighted by Crippen LogP contribution is 2.20. The zero-order valence-corrected chi connectivity index (χ0v) is 12.6. The molecule has 0 aliphatic heterocycles. The van der Waals surface area contributed by atoms with Crippen molar-refractivity contribution in [2.24, 2.45) is 5.73 Å². The van der Waals surface area contributed by atoms with Gasteiger partial charge in [0.25, 0.3) is 10.2 Å². The Morgan fingerprint density at radius 2 is 2.10 bits per heavy atom. The summed E-state index contributed by atoms with van der Waals surface area (Å²) in [5.41, 5.74) is 6.04. The molecule has 0 radical (unpaired) electrons. The fourth-order valence-electron chi connectivity index (χ4n) is 1.70. The van der Waals surface area contributed by atoms with Gasteiger partial charge in [-0.2, -0.15) is 12.7 Å². The number of methoxy groups -OCH3 is 1. The Morgan fingerprint density at radius 1 is 1.48 bits per heavy atom. The molecule has 0 saturated carbocycles. The average molecular weight is 317 g/mol. The summed E-state index contributed by atoms with van der Waals surface area (Å²) < 4.78 is 32.2. The topological polar surface area (TPSA) is 122 Å². The third kappa shape index (κ3) is 4.67. The number of benzene rings is 1. The predicted octanol–water partition coefficient (Wildman–Crippen LogP) is -0.627. The molecule has 0 bridgehead atoms. The van der Waals surface area contributed by atoms with Gasteiger partial charge in [0.05, 0.1) is 7.11 Å². The molecule has 0 aromatic heterocycles. The van der Waals surface area contributed by atoms with Crippen LogP contribution in [0.4, 0.5) is 0 Å². The minimum atomic E-state index is -3.83. The minimum Gasteiger partial charge on any atom is -0.496 e. The van der Waals surface area contributed by atoms with Gasteiger partial charge in [-0.3, -0.25) is 4.79 Å². The number of rotatable bonds is 8. The Balaban J connectivity index is 3.05. The van der Waals surface area contributed by atoms with Crippen molar-refractivity contribution in [1.29, 1.82) is 0 Å². The molecular formula is C12H19N3O5S. The van der Waals surface area contributed by atoms with E-state index in [2.05, 4.69) is 4.72 Å². The minimum absolute atomic E-state index is 0.0475. The van der Waals surface area contributed by atoms with Crippen LogP contribution in [0.1, 0.15) is 5.56 Å². The van der Waals surface area contributed by atoms with Crippen molar-refractivity contribution in [3.05, 3.63) is 29.8 Å². The fourth-order valence-corrected chi connectivity index (χ4v) is 2.62. The lowest BCUT2D eigenvalue weighted by Crippen LogP contribution is -2.47. The first-order valence-electron chi connectivity index (χ1n) is 6.10. The van der Waals surface area contributed by atoms with Gasteiger partial charge in [0.1, 0.15) is 11.8 Å². The van der Waals surface area contributed by atoms with Crippen molar-refractivity contribution in [1.82, 2.24) is 9.03 Å². The summed E-state index contributed by atoms with van der Waals surface area (Å²) in [7, 11) is -1.11. The van der Waals surface area contributed by atoms with Crippen LogP contribution in [-0.2, 0) is 21.5 Å². The molecule has 1 rings (SSSR count). The maximum Gasteiger partial charge on any atom is 0.321 e. The molecule has 0 heterocycles. The van der Waals surface area contributed by atoms with Gasteiger partial charge in [-0.15, -0.1) is 0 Å². The monoisotopic (exact) mass is 317 g/mol. The van der Waals surface area contributed by atoms with Crippen LogP contribution < -0.4 is 15.2 Å². The summed E-state index contributed by atoms with van der Waals surface area (Å²) in [6, 6.07) is 5.56. The molecule has 4 N–H and O–H groups in total. The Morgan fingerprint density at radius 3 is 2.62 bits per heavy atom. The van der Waals surface area contributed by atoms with Crippen LogP contribution in [0.3, 0.4) is 0 Å². The predicted molar refractivity (Wildman–Crippen MR) is 77.0 cm³/mol. The number of hydrogen-bond donors (Lipinski definition) is 3. The lowest BCUT2D eigenvalue weighted by molar-refractivity contribution is -0.138. The van der Waals surface area contributed by atoms with Gasteiger partial charge in [0.15, 0.2) is 0 Å². The van der Waals surface area contributed by atoms with Gasteiger partial charge in [-0.1, -0.05) is 18.2 Å². The highest BCUT2D eigenvalue weighted by atomic mass is 32.2. The van der Waals surface area contributed by atoms with Crippen LogP contribution in [0.25, 0.3) is 0 Å². The zero-order valence-electron chi connectivity index (χ0n) is 11.8. The highest BCUT2D eigenvalue weighted by Gasteiger charge is 2.26. The van der Waals surface area contributed by atoms with Gasteiger partial charge in [0.2, 0.25) is 0 Å². The lowest BCUT2D eigenvalue weighted by Gasteiger charge is -2.23. The number of carboxylic acids is 1. The fraction of sp³-hybridized carbons (Fsp3) is 0.417. The van der Waals surface area contributed by atoms with Crippen LogP contribution in [-0.4, -0.2) is 50.5 Å². The third-order valence-electron chi connectivity index (χ3n) is 2.85. The standard InChI is InChI=1S/C12H19N3O5S/c1-14-21(18,19)15(8-10(13)12(16)17)7-9-5-3-4-6-11(9)20-2/h3-6,10,14H,7-8,13H2,1-2H3,(H,16,17)/t10-/m0/s1. The number of aliphatic carboxylic acids is 1. The zero-order chi connectivity index (χ0) is 16.0. The largest absolute Gasteiger partial charge is 0.496 e. The van der Waals surface area contributed by atoms with Gasteiger partial charge < -0.3 is 15.6 Å². The second-order valence-corrected chi connectivity index (χ2v) is 6.13. The van der Waals surface area contributed by atoms with Crippen LogP contribution in [0, 0.1) is 0 Å². The molecule has 1 aromatic carbocycles. The SMILES string of the molecule is CNS(=O)(=O)N(Cc1ccccc1OC)C[C@H](N)C(=O)O. The molecule has 21 heavy (non-hydrogen) atoms. The van der Waals surface area contributed by atoms with Gasteiger partial charge in [-0.05, 0) is 6.07 Å². The van der Waals surface area contributed by atoms with Crippen molar-refractivity contribution in [2.45, 2.75) is 12.6 Å². The maximum absolute atomic E-state index is 12.0. The highest BCUT2D eigenvalue weighted by molar-refractivity contribution is 7.87. The quantitative estimate of drug-likeness (QED) is 0.587. The first-order chi connectivity index (χ1) is 9.81. The van der Waals surface area contributed by atoms with Gasteiger partial charge >= 0.3 is 5.97 Å². The molecule has 0 unspecified atom stereocenters. The average Bonchev–Trinajstić information content (AvgIpc) is 2.46. The molecule has 9 heteroatoms. The number of nitrogens with two attached hydrogens (primary N) is 1. The van der Waals surface area contributed by atoms with E-state index in [-0.39, 0.29) is 13.1 Å². The number of para-hydroxylation sites is 1. The summed E-state index contributed by atoms with van der Waals surface area (Å²) in [4.78, 5) is 10.8. The van der Waals surface area contributed by atoms with E-state index in [9.17, 15) is 13.2 Å². The van der Waals surface area contributed by atoms with E-state index >= 15 is 0 Å². The Hall–Kier alpha value is -1.68. The first-order valence-corrected chi connectivity index (χ1v) is 7.54. The second kappa shape index (κ2) is 7.36. The Labute approximate surface area is 123 Å². The number of ether oxygens (including phenoxy) is 1. The lowest BCUT2D eigenvalue weighted by atomic mass is 10.2. The normalized spacial score (nSPS) is 13.1. The molecule has 0 saturated heterocycles. The third-order valence-corrected chi connectivity index (χ3v) is 4.33. The van der Waals surface area contributed by atoms with E-state index in [4.69, 9.17) is 15.6 Å². The van der Waals surface area contributed by atoms with Crippen molar-refractivity contribution in [3.8, 4) is 5.75 Å². The van der Waals surface area contributed by atoms with Crippen molar-refractivity contribution >= 4 is 16.2 Å². The molecular weight excluding hydrogens is 298 g/mol. The van der Waals surface area contributed by atoms with E-state index in [0.717, 1.165) is 4.31 Å². The number of nitrogens with one attached hydrogen (secondary N) is 1. The summed E-state index contributed by atoms with van der Waals surface area (Å²) in [6.45, 7) is -0.398. The molecule has 0 aliphatic carbocycles. The number of carboxylic acid groups (broad SMARTS) is 1. The van der Waals surface area contributed by atoms with Crippen LogP contribution in [0.5, 0.6) is 5.75 Å². The van der Waals surface area contributed by atoms with E-state index in [1.165, 1.54) is 14.2 Å². The number of hydrogen-bond acceptors (Lipinski definition) is 5. The van der Waals surface area contributed by atoms with Gasteiger partial charge in [-0.25, -0.2) is 4.72 Å². The van der Waals surface area contributed by atoms with Crippen molar-refractivity contribution in [3.63, 3.8) is 0 Å². The summed E-state index contributed by atoms with van der Waals surface area (Å²) in [5, 5.41) is 8.84. The smallest absolute Gasteiger partial charge is 0.321 e. The van der Waals surface area contributed by atoms with Gasteiger partial charge in [0, 0.05) is 25.7 Å². The number of nitrogens with zero attached hydrogens (tertiary/aromatic N) is 1. The van der Waals surface area contributed by atoms with Crippen molar-refractivity contribution in [2.75, 3.05) is 20.7 Å². The molecule has 1 atom stereocenters. The molecule has 0 fully saturated rings. The van der Waals surface area contributed by atoms with Crippen molar-refractivity contribution < 1.29 is 23.1 Å². The molecule has 0 spiro atoms. The maximum atomic E-state index is 12.0. The second-order valence-electron chi connectivity index (χ2n) is 4.26. The van der Waals surface area contributed by atoms with Crippen LogP contribution in [0.2, 0.25) is 0 Å². The summed E-state index contributed by atoms with van der Waals surface area (Å²) in [5.74, 6) is -0.760. The van der Waals surface area contributed by atoms with Crippen LogP contribution in [0.15, 0.2) is 24.3 Å².